The lowest BCUT2D eigenvalue weighted by atomic mass is 10.0. The molecule has 0 atom stereocenters. The van der Waals surface area contributed by atoms with Crippen molar-refractivity contribution in [1.82, 2.24) is 9.97 Å². The summed E-state index contributed by atoms with van der Waals surface area (Å²) in [4.78, 5) is 9.87. The van der Waals surface area contributed by atoms with Crippen molar-refractivity contribution in [3.05, 3.63) is 58.0 Å². The van der Waals surface area contributed by atoms with E-state index in [-0.39, 0.29) is 0 Å². The van der Waals surface area contributed by atoms with Gasteiger partial charge in [0.2, 0.25) is 0 Å². The number of anilines is 1. The van der Waals surface area contributed by atoms with Crippen LogP contribution in [0.4, 0.5) is 5.69 Å². The van der Waals surface area contributed by atoms with Gasteiger partial charge in [-0.3, -0.25) is 0 Å². The van der Waals surface area contributed by atoms with Gasteiger partial charge in [-0.15, -0.1) is 0 Å². The van der Waals surface area contributed by atoms with Crippen molar-refractivity contribution >= 4 is 39.8 Å². The van der Waals surface area contributed by atoms with Crippen molar-refractivity contribution in [2.75, 3.05) is 11.4 Å². The maximum Gasteiger partial charge on any atom is 0.131 e. The van der Waals surface area contributed by atoms with Gasteiger partial charge in [-0.05, 0) is 30.3 Å². The average molecular weight is 318 g/mol. The van der Waals surface area contributed by atoms with Crippen LogP contribution in [-0.2, 0) is 13.0 Å². The number of aromatic nitrogens is 2. The number of H-pyrrole nitrogens is 1. The second-order valence-electron chi connectivity index (χ2n) is 5.28. The number of nitrogens with one attached hydrogen (secondary N) is 1. The number of nitrogens with zero attached hydrogens (tertiary/aromatic N) is 2. The third-order valence-electron chi connectivity index (χ3n) is 4.01. The van der Waals surface area contributed by atoms with E-state index in [0.29, 0.717) is 5.15 Å². The smallest absolute Gasteiger partial charge is 0.131 e. The number of fused-ring (bicyclic) bond motifs is 3. The van der Waals surface area contributed by atoms with E-state index in [4.69, 9.17) is 23.2 Å². The van der Waals surface area contributed by atoms with Gasteiger partial charge in [0, 0.05) is 58.6 Å². The highest BCUT2D eigenvalue weighted by molar-refractivity contribution is 6.31. The van der Waals surface area contributed by atoms with Crippen LogP contribution in [0.15, 0.2) is 36.5 Å². The van der Waals surface area contributed by atoms with Crippen LogP contribution in [-0.4, -0.2) is 16.5 Å². The van der Waals surface area contributed by atoms with Gasteiger partial charge >= 0.3 is 0 Å². The molecule has 3 aromatic rings. The summed E-state index contributed by atoms with van der Waals surface area (Å²) < 4.78 is 0. The first-order valence-electron chi connectivity index (χ1n) is 6.86. The van der Waals surface area contributed by atoms with E-state index >= 15 is 0 Å². The van der Waals surface area contributed by atoms with Crippen molar-refractivity contribution in [3.8, 4) is 0 Å². The summed E-state index contributed by atoms with van der Waals surface area (Å²) in [5.41, 5.74) is 4.89. The molecule has 0 aliphatic carbocycles. The summed E-state index contributed by atoms with van der Waals surface area (Å²) in [7, 11) is 0. The number of pyridine rings is 1. The zero-order chi connectivity index (χ0) is 14.4. The largest absolute Gasteiger partial charge is 0.367 e. The molecule has 1 aliphatic rings. The minimum Gasteiger partial charge on any atom is -0.367 e. The lowest BCUT2D eigenvalue weighted by Crippen LogP contribution is -2.30. The van der Waals surface area contributed by atoms with E-state index in [2.05, 4.69) is 14.9 Å². The summed E-state index contributed by atoms with van der Waals surface area (Å²) in [5, 5.41) is 2.51. The molecule has 0 spiro atoms. The molecule has 21 heavy (non-hydrogen) atoms. The highest BCUT2D eigenvalue weighted by Crippen LogP contribution is 2.32. The Morgan fingerprint density at radius 1 is 1.14 bits per heavy atom. The second-order valence-corrected chi connectivity index (χ2v) is 6.10. The molecular weight excluding hydrogens is 305 g/mol. The van der Waals surface area contributed by atoms with Gasteiger partial charge in [0.05, 0.1) is 0 Å². The first-order chi connectivity index (χ1) is 10.2. The maximum absolute atomic E-state index is 6.14. The zero-order valence-electron chi connectivity index (χ0n) is 11.2. The van der Waals surface area contributed by atoms with Crippen LogP contribution in [0.25, 0.3) is 10.9 Å². The van der Waals surface area contributed by atoms with Crippen LogP contribution < -0.4 is 4.90 Å². The van der Waals surface area contributed by atoms with Crippen LogP contribution in [0.5, 0.6) is 0 Å². The lowest BCUT2D eigenvalue weighted by Gasteiger charge is -2.29. The van der Waals surface area contributed by atoms with Gasteiger partial charge in [0.15, 0.2) is 0 Å². The summed E-state index contributed by atoms with van der Waals surface area (Å²) in [6, 6.07) is 9.91. The predicted octanol–water partition coefficient (Wildman–Crippen LogP) is 4.43. The van der Waals surface area contributed by atoms with Crippen molar-refractivity contribution < 1.29 is 0 Å². The Labute approximate surface area is 132 Å². The van der Waals surface area contributed by atoms with Crippen LogP contribution in [0.2, 0.25) is 10.2 Å². The van der Waals surface area contributed by atoms with Gasteiger partial charge in [-0.2, -0.15) is 0 Å². The van der Waals surface area contributed by atoms with Gasteiger partial charge in [0.25, 0.3) is 0 Å². The molecule has 0 fully saturated rings. The standard InChI is InChI=1S/C16H13Cl2N3/c17-10-1-2-14-12(7-10)13-9-21(6-4-15(13)20-14)11-3-5-19-16(18)8-11/h1-3,5,7-8,20H,4,6,9H2. The molecule has 0 saturated heterocycles. The molecule has 0 unspecified atom stereocenters. The minimum atomic E-state index is 0.528. The first-order valence-corrected chi connectivity index (χ1v) is 7.62. The van der Waals surface area contributed by atoms with Gasteiger partial charge in [0.1, 0.15) is 5.15 Å². The Morgan fingerprint density at radius 2 is 2.05 bits per heavy atom. The summed E-state index contributed by atoms with van der Waals surface area (Å²) >= 11 is 12.1. The Hall–Kier alpha value is -1.71. The molecule has 5 heteroatoms. The molecule has 2 aromatic heterocycles. The molecule has 3 heterocycles. The quantitative estimate of drug-likeness (QED) is 0.673. The fraction of sp³-hybridized carbons (Fsp3) is 0.188. The fourth-order valence-electron chi connectivity index (χ4n) is 3.00. The molecule has 1 aliphatic heterocycles. The van der Waals surface area contributed by atoms with Crippen LogP contribution >= 0.6 is 23.2 Å². The molecular formula is C16H13Cl2N3. The molecule has 0 amide bonds. The number of aromatic amines is 1. The Kier molecular flexibility index (Phi) is 3.05. The number of benzene rings is 1. The molecule has 0 radical (unpaired) electrons. The van der Waals surface area contributed by atoms with Crippen LogP contribution in [0.1, 0.15) is 11.3 Å². The third-order valence-corrected chi connectivity index (χ3v) is 4.45. The van der Waals surface area contributed by atoms with Crippen molar-refractivity contribution in [2.45, 2.75) is 13.0 Å². The van der Waals surface area contributed by atoms with E-state index < -0.39 is 0 Å². The molecule has 0 saturated carbocycles. The molecule has 3 nitrogen and oxygen atoms in total. The van der Waals surface area contributed by atoms with E-state index in [0.717, 1.165) is 35.7 Å². The average Bonchev–Trinajstić information content (AvgIpc) is 2.84. The van der Waals surface area contributed by atoms with Gasteiger partial charge in [-0.25, -0.2) is 4.98 Å². The predicted molar refractivity (Wildman–Crippen MR) is 87.3 cm³/mol. The van der Waals surface area contributed by atoms with Crippen molar-refractivity contribution in [3.63, 3.8) is 0 Å². The Balaban J connectivity index is 1.77. The fourth-order valence-corrected chi connectivity index (χ4v) is 3.34. The summed E-state index contributed by atoms with van der Waals surface area (Å²) in [5.74, 6) is 0. The van der Waals surface area contributed by atoms with E-state index in [9.17, 15) is 0 Å². The summed E-state index contributed by atoms with van der Waals surface area (Å²) in [6.07, 6.45) is 2.74. The van der Waals surface area contributed by atoms with Crippen LogP contribution in [0, 0.1) is 0 Å². The SMILES string of the molecule is Clc1ccc2[nH]c3c(c2c1)CN(c1ccnc(Cl)c1)CC3. The Bertz CT molecular complexity index is 826. The molecule has 106 valence electrons. The number of hydrogen-bond donors (Lipinski definition) is 1. The second kappa shape index (κ2) is 4.93. The van der Waals surface area contributed by atoms with Gasteiger partial charge in [-0.1, -0.05) is 23.2 Å². The zero-order valence-corrected chi connectivity index (χ0v) is 12.7. The van der Waals surface area contributed by atoms with Crippen LogP contribution in [0.3, 0.4) is 0 Å². The number of halogens is 2. The number of hydrogen-bond acceptors (Lipinski definition) is 2. The van der Waals surface area contributed by atoms with E-state index in [1.807, 2.05) is 30.3 Å². The molecule has 0 bridgehead atoms. The van der Waals surface area contributed by atoms with Gasteiger partial charge < -0.3 is 9.88 Å². The topological polar surface area (TPSA) is 31.9 Å². The van der Waals surface area contributed by atoms with Crippen molar-refractivity contribution in [2.24, 2.45) is 0 Å². The molecule has 1 N–H and O–H groups in total. The highest BCUT2D eigenvalue weighted by Gasteiger charge is 2.21. The van der Waals surface area contributed by atoms with E-state index in [1.54, 1.807) is 6.20 Å². The third kappa shape index (κ3) is 2.27. The molecule has 4 rings (SSSR count). The number of rotatable bonds is 1. The maximum atomic E-state index is 6.14. The normalized spacial score (nSPS) is 14.5. The summed E-state index contributed by atoms with van der Waals surface area (Å²) in [6.45, 7) is 1.82. The monoisotopic (exact) mass is 317 g/mol. The minimum absolute atomic E-state index is 0.528. The first kappa shape index (κ1) is 13.0. The molecule has 1 aromatic carbocycles. The van der Waals surface area contributed by atoms with Crippen molar-refractivity contribution in [1.29, 1.82) is 0 Å². The Morgan fingerprint density at radius 3 is 2.90 bits per heavy atom. The van der Waals surface area contributed by atoms with E-state index in [1.165, 1.54) is 16.6 Å². The highest BCUT2D eigenvalue weighted by atomic mass is 35.5. The lowest BCUT2D eigenvalue weighted by molar-refractivity contribution is 0.726.